The predicted molar refractivity (Wildman–Crippen MR) is 50.6 cm³/mol. The van der Waals surface area contributed by atoms with Crippen LogP contribution in [0.2, 0.25) is 0 Å². The molecule has 1 rings (SSSR count). The standard InChI is InChI=1S/C9H12N2O3/c10-7(8(11)9(13)14)5-1-3-6(12)4-2-5/h1-4,7-8,12H,10-11H2,(H,13,14). The van der Waals surface area contributed by atoms with E-state index in [-0.39, 0.29) is 5.75 Å². The molecule has 1 aromatic rings. The maximum atomic E-state index is 10.5. The van der Waals surface area contributed by atoms with Gasteiger partial charge < -0.3 is 21.7 Å². The molecule has 5 heteroatoms. The van der Waals surface area contributed by atoms with Gasteiger partial charge in [0, 0.05) is 0 Å². The Labute approximate surface area is 81.0 Å². The van der Waals surface area contributed by atoms with Crippen LogP contribution < -0.4 is 11.5 Å². The van der Waals surface area contributed by atoms with Gasteiger partial charge in [-0.2, -0.15) is 0 Å². The number of carbonyl (C=O) groups is 1. The van der Waals surface area contributed by atoms with Crippen LogP contribution in [0.25, 0.3) is 0 Å². The van der Waals surface area contributed by atoms with Crippen LogP contribution in [-0.4, -0.2) is 22.2 Å². The van der Waals surface area contributed by atoms with Gasteiger partial charge in [-0.15, -0.1) is 0 Å². The zero-order valence-electron chi connectivity index (χ0n) is 7.42. The molecule has 0 saturated carbocycles. The highest BCUT2D eigenvalue weighted by Gasteiger charge is 2.21. The number of phenolic OH excluding ortho intramolecular Hbond substituents is 1. The third kappa shape index (κ3) is 2.21. The fourth-order valence-corrected chi connectivity index (χ4v) is 1.06. The third-order valence-electron chi connectivity index (χ3n) is 1.95. The Morgan fingerprint density at radius 2 is 1.71 bits per heavy atom. The number of carboxylic acid groups (broad SMARTS) is 1. The van der Waals surface area contributed by atoms with Crippen molar-refractivity contribution in [2.75, 3.05) is 0 Å². The molecule has 0 aliphatic carbocycles. The van der Waals surface area contributed by atoms with Crippen molar-refractivity contribution >= 4 is 5.97 Å². The highest BCUT2D eigenvalue weighted by Crippen LogP contribution is 2.16. The summed E-state index contributed by atoms with van der Waals surface area (Å²) in [5.74, 6) is -1.05. The maximum Gasteiger partial charge on any atom is 0.322 e. The van der Waals surface area contributed by atoms with E-state index in [1.165, 1.54) is 12.1 Å². The molecule has 6 N–H and O–H groups in total. The van der Waals surface area contributed by atoms with E-state index in [2.05, 4.69) is 0 Å². The molecule has 1 aromatic carbocycles. The van der Waals surface area contributed by atoms with Gasteiger partial charge in [-0.3, -0.25) is 4.79 Å². The van der Waals surface area contributed by atoms with Crippen molar-refractivity contribution in [2.24, 2.45) is 11.5 Å². The van der Waals surface area contributed by atoms with Crippen LogP contribution in [0.1, 0.15) is 11.6 Å². The van der Waals surface area contributed by atoms with Crippen molar-refractivity contribution in [3.05, 3.63) is 29.8 Å². The van der Waals surface area contributed by atoms with Gasteiger partial charge in [-0.05, 0) is 17.7 Å². The molecule has 0 aromatic heterocycles. The number of aliphatic carboxylic acids is 1. The maximum absolute atomic E-state index is 10.5. The zero-order valence-corrected chi connectivity index (χ0v) is 7.42. The second-order valence-corrected chi connectivity index (χ2v) is 2.98. The summed E-state index contributed by atoms with van der Waals surface area (Å²) in [4.78, 5) is 10.5. The van der Waals surface area contributed by atoms with Crippen molar-refractivity contribution in [1.82, 2.24) is 0 Å². The summed E-state index contributed by atoms with van der Waals surface area (Å²) in [6.07, 6.45) is 0. The molecule has 0 amide bonds. The molecule has 0 spiro atoms. The summed E-state index contributed by atoms with van der Waals surface area (Å²) >= 11 is 0. The third-order valence-corrected chi connectivity index (χ3v) is 1.95. The van der Waals surface area contributed by atoms with Crippen molar-refractivity contribution in [1.29, 1.82) is 0 Å². The van der Waals surface area contributed by atoms with E-state index in [4.69, 9.17) is 21.7 Å². The second kappa shape index (κ2) is 4.08. The molecule has 76 valence electrons. The van der Waals surface area contributed by atoms with Crippen LogP contribution in [0, 0.1) is 0 Å². The summed E-state index contributed by atoms with van der Waals surface area (Å²) in [6, 6.07) is 4.05. The number of nitrogens with two attached hydrogens (primary N) is 2. The van der Waals surface area contributed by atoms with Crippen molar-refractivity contribution < 1.29 is 15.0 Å². The molecule has 0 radical (unpaired) electrons. The Morgan fingerprint density at radius 3 is 2.14 bits per heavy atom. The average Bonchev–Trinajstić information content (AvgIpc) is 2.16. The molecule has 2 unspecified atom stereocenters. The van der Waals surface area contributed by atoms with E-state index >= 15 is 0 Å². The fraction of sp³-hybridized carbons (Fsp3) is 0.222. The van der Waals surface area contributed by atoms with Crippen LogP contribution >= 0.6 is 0 Å². The second-order valence-electron chi connectivity index (χ2n) is 2.98. The largest absolute Gasteiger partial charge is 0.508 e. The highest BCUT2D eigenvalue weighted by molar-refractivity contribution is 5.74. The minimum atomic E-state index is -1.15. The molecule has 0 bridgehead atoms. The Kier molecular flexibility index (Phi) is 3.06. The van der Waals surface area contributed by atoms with Gasteiger partial charge in [0.2, 0.25) is 0 Å². The van der Waals surface area contributed by atoms with Crippen LogP contribution in [0.4, 0.5) is 0 Å². The number of benzene rings is 1. The summed E-state index contributed by atoms with van der Waals surface area (Å²) in [5.41, 5.74) is 11.5. The molecule has 0 saturated heterocycles. The van der Waals surface area contributed by atoms with Gasteiger partial charge in [-0.25, -0.2) is 0 Å². The van der Waals surface area contributed by atoms with Crippen molar-refractivity contribution in [3.8, 4) is 5.75 Å². The Morgan fingerprint density at radius 1 is 1.21 bits per heavy atom. The molecule has 0 heterocycles. The Bertz CT molecular complexity index is 323. The van der Waals surface area contributed by atoms with Gasteiger partial charge in [0.1, 0.15) is 11.8 Å². The lowest BCUT2D eigenvalue weighted by molar-refractivity contribution is -0.139. The van der Waals surface area contributed by atoms with E-state index in [0.29, 0.717) is 5.56 Å². The Balaban J connectivity index is 2.84. The molecule has 14 heavy (non-hydrogen) atoms. The number of aromatic hydroxyl groups is 1. The average molecular weight is 196 g/mol. The summed E-state index contributed by atoms with van der Waals surface area (Å²) in [7, 11) is 0. The van der Waals surface area contributed by atoms with E-state index in [1.807, 2.05) is 0 Å². The number of phenols is 1. The van der Waals surface area contributed by atoms with Crippen LogP contribution in [-0.2, 0) is 4.79 Å². The molecular weight excluding hydrogens is 184 g/mol. The molecule has 2 atom stereocenters. The first-order valence-corrected chi connectivity index (χ1v) is 4.05. The normalized spacial score (nSPS) is 14.7. The lowest BCUT2D eigenvalue weighted by Gasteiger charge is -2.15. The molecule has 0 aliphatic rings. The monoisotopic (exact) mass is 196 g/mol. The Hall–Kier alpha value is -1.59. The van der Waals surface area contributed by atoms with Gasteiger partial charge in [0.25, 0.3) is 0 Å². The topological polar surface area (TPSA) is 110 Å². The van der Waals surface area contributed by atoms with Crippen molar-refractivity contribution in [2.45, 2.75) is 12.1 Å². The van der Waals surface area contributed by atoms with Gasteiger partial charge >= 0.3 is 5.97 Å². The lowest BCUT2D eigenvalue weighted by Crippen LogP contribution is -2.40. The predicted octanol–water partition coefficient (Wildman–Crippen LogP) is -0.196. The van der Waals surface area contributed by atoms with E-state index in [1.54, 1.807) is 12.1 Å². The minimum Gasteiger partial charge on any atom is -0.508 e. The first kappa shape index (κ1) is 10.5. The van der Waals surface area contributed by atoms with Gasteiger partial charge in [0.15, 0.2) is 0 Å². The van der Waals surface area contributed by atoms with Gasteiger partial charge in [0.05, 0.1) is 6.04 Å². The van der Waals surface area contributed by atoms with Gasteiger partial charge in [-0.1, -0.05) is 12.1 Å². The van der Waals surface area contributed by atoms with E-state index in [9.17, 15) is 4.79 Å². The highest BCUT2D eigenvalue weighted by atomic mass is 16.4. The first-order chi connectivity index (χ1) is 6.52. The van der Waals surface area contributed by atoms with Crippen LogP contribution in [0.15, 0.2) is 24.3 Å². The van der Waals surface area contributed by atoms with Crippen molar-refractivity contribution in [3.63, 3.8) is 0 Å². The number of hydrogen-bond acceptors (Lipinski definition) is 4. The molecular formula is C9H12N2O3. The smallest absolute Gasteiger partial charge is 0.322 e. The van der Waals surface area contributed by atoms with Crippen LogP contribution in [0.5, 0.6) is 5.75 Å². The van der Waals surface area contributed by atoms with Crippen LogP contribution in [0.3, 0.4) is 0 Å². The SMILES string of the molecule is NC(C(=O)O)C(N)c1ccc(O)cc1. The molecule has 5 nitrogen and oxygen atoms in total. The minimum absolute atomic E-state index is 0.102. The summed E-state index contributed by atoms with van der Waals surface area (Å²) in [6.45, 7) is 0. The quantitative estimate of drug-likeness (QED) is 0.535. The number of hydrogen-bond donors (Lipinski definition) is 4. The molecule has 0 fully saturated rings. The van der Waals surface area contributed by atoms with E-state index < -0.39 is 18.1 Å². The zero-order chi connectivity index (χ0) is 10.7. The first-order valence-electron chi connectivity index (χ1n) is 4.05. The lowest BCUT2D eigenvalue weighted by atomic mass is 10.0. The summed E-state index contributed by atoms with van der Waals surface area (Å²) in [5, 5.41) is 17.6. The fourth-order valence-electron chi connectivity index (χ4n) is 1.06. The number of rotatable bonds is 3. The van der Waals surface area contributed by atoms with E-state index in [0.717, 1.165) is 0 Å². The molecule has 0 aliphatic heterocycles. The summed E-state index contributed by atoms with van der Waals surface area (Å²) < 4.78 is 0. The number of carboxylic acids is 1.